The van der Waals surface area contributed by atoms with Crippen LogP contribution in [0.25, 0.3) is 11.3 Å². The maximum atomic E-state index is 12.6. The van der Waals surface area contributed by atoms with Gasteiger partial charge in [0, 0.05) is 15.5 Å². The third-order valence-electron chi connectivity index (χ3n) is 4.45. The van der Waals surface area contributed by atoms with Gasteiger partial charge in [-0.15, -0.1) is 11.3 Å². The fourth-order valence-electron chi connectivity index (χ4n) is 3.05. The number of carboxylic acids is 1. The van der Waals surface area contributed by atoms with Gasteiger partial charge < -0.3 is 10.4 Å². The van der Waals surface area contributed by atoms with Crippen LogP contribution in [0.3, 0.4) is 0 Å². The highest BCUT2D eigenvalue weighted by atomic mass is 35.5. The Morgan fingerprint density at radius 1 is 1.23 bits per heavy atom. The first kappa shape index (κ1) is 18.6. The Bertz CT molecular complexity index is 845. The lowest BCUT2D eigenvalue weighted by molar-refractivity contribution is -0.146. The van der Waals surface area contributed by atoms with E-state index in [1.54, 1.807) is 12.1 Å². The molecule has 1 aromatic carbocycles. The van der Waals surface area contributed by atoms with Crippen molar-refractivity contribution < 1.29 is 14.7 Å². The number of aromatic nitrogens is 1. The number of benzene rings is 1. The fraction of sp³-hybridized carbons (Fsp3) is 0.316. The summed E-state index contributed by atoms with van der Waals surface area (Å²) >= 11 is 7.36. The second-order valence-electron chi connectivity index (χ2n) is 6.13. The molecule has 26 heavy (non-hydrogen) atoms. The van der Waals surface area contributed by atoms with Crippen molar-refractivity contribution in [3.8, 4) is 11.3 Å². The quantitative estimate of drug-likeness (QED) is 0.729. The van der Waals surface area contributed by atoms with Gasteiger partial charge in [-0.2, -0.15) is 0 Å². The first-order chi connectivity index (χ1) is 12.5. The summed E-state index contributed by atoms with van der Waals surface area (Å²) in [6, 6.07) is 7.41. The SMILES string of the molecule is CCc1sc(NC(=O)C2CC=CCC2C(=O)O)nc1-c1ccc(Cl)cc1. The minimum atomic E-state index is -0.940. The Morgan fingerprint density at radius 3 is 2.50 bits per heavy atom. The number of halogens is 1. The van der Waals surface area contributed by atoms with Crippen LogP contribution >= 0.6 is 22.9 Å². The number of hydrogen-bond donors (Lipinski definition) is 2. The number of aryl methyl sites for hydroxylation is 1. The van der Waals surface area contributed by atoms with E-state index < -0.39 is 17.8 Å². The normalized spacial score (nSPS) is 19.3. The van der Waals surface area contributed by atoms with Crippen LogP contribution in [0, 0.1) is 11.8 Å². The van der Waals surface area contributed by atoms with Gasteiger partial charge in [0.15, 0.2) is 5.13 Å². The molecule has 0 spiro atoms. The van der Waals surface area contributed by atoms with Crippen molar-refractivity contribution >= 4 is 39.9 Å². The topological polar surface area (TPSA) is 79.3 Å². The number of aliphatic carboxylic acids is 1. The van der Waals surface area contributed by atoms with Gasteiger partial charge in [-0.05, 0) is 31.4 Å². The van der Waals surface area contributed by atoms with Crippen LogP contribution in [-0.4, -0.2) is 22.0 Å². The van der Waals surface area contributed by atoms with Crippen molar-refractivity contribution in [1.29, 1.82) is 0 Å². The van der Waals surface area contributed by atoms with Gasteiger partial charge >= 0.3 is 5.97 Å². The van der Waals surface area contributed by atoms with Crippen LogP contribution in [0.15, 0.2) is 36.4 Å². The lowest BCUT2D eigenvalue weighted by Crippen LogP contribution is -2.34. The van der Waals surface area contributed by atoms with Crippen LogP contribution in [-0.2, 0) is 16.0 Å². The molecule has 1 heterocycles. The van der Waals surface area contributed by atoms with E-state index in [1.165, 1.54) is 11.3 Å². The van der Waals surface area contributed by atoms with E-state index in [4.69, 9.17) is 11.6 Å². The number of nitrogens with zero attached hydrogens (tertiary/aromatic N) is 1. The minimum absolute atomic E-state index is 0.291. The molecule has 136 valence electrons. The molecule has 2 unspecified atom stereocenters. The Balaban J connectivity index is 1.82. The number of nitrogens with one attached hydrogen (secondary N) is 1. The van der Waals surface area contributed by atoms with Crippen molar-refractivity contribution in [2.24, 2.45) is 11.8 Å². The number of thiazole rings is 1. The van der Waals surface area contributed by atoms with Gasteiger partial charge in [0.1, 0.15) is 0 Å². The highest BCUT2D eigenvalue weighted by molar-refractivity contribution is 7.16. The molecule has 0 fully saturated rings. The van der Waals surface area contributed by atoms with Crippen molar-refractivity contribution in [3.05, 3.63) is 46.3 Å². The summed E-state index contributed by atoms with van der Waals surface area (Å²) in [6.07, 6.45) is 5.28. The molecular weight excluding hydrogens is 372 g/mol. The van der Waals surface area contributed by atoms with E-state index in [2.05, 4.69) is 10.3 Å². The number of carbonyl (C=O) groups excluding carboxylic acids is 1. The van der Waals surface area contributed by atoms with E-state index in [0.717, 1.165) is 22.6 Å². The van der Waals surface area contributed by atoms with E-state index in [-0.39, 0.29) is 5.91 Å². The molecule has 2 atom stereocenters. The maximum absolute atomic E-state index is 12.6. The van der Waals surface area contributed by atoms with Gasteiger partial charge in [-0.1, -0.05) is 42.8 Å². The zero-order valence-corrected chi connectivity index (χ0v) is 15.8. The zero-order chi connectivity index (χ0) is 18.7. The van der Waals surface area contributed by atoms with Crippen LogP contribution in [0.1, 0.15) is 24.6 Å². The lowest BCUT2D eigenvalue weighted by atomic mass is 9.82. The van der Waals surface area contributed by atoms with Crippen molar-refractivity contribution in [3.63, 3.8) is 0 Å². The molecule has 1 aromatic heterocycles. The number of allylic oxidation sites excluding steroid dienone is 2. The summed E-state index contributed by atoms with van der Waals surface area (Å²) in [7, 11) is 0. The Morgan fingerprint density at radius 2 is 1.88 bits per heavy atom. The van der Waals surface area contributed by atoms with Gasteiger partial charge in [0.2, 0.25) is 5.91 Å². The third kappa shape index (κ3) is 3.97. The monoisotopic (exact) mass is 390 g/mol. The zero-order valence-electron chi connectivity index (χ0n) is 14.2. The highest BCUT2D eigenvalue weighted by Gasteiger charge is 2.34. The van der Waals surface area contributed by atoms with Gasteiger partial charge in [0.05, 0.1) is 17.5 Å². The van der Waals surface area contributed by atoms with Crippen LogP contribution in [0.2, 0.25) is 5.02 Å². The van der Waals surface area contributed by atoms with E-state index in [1.807, 2.05) is 31.2 Å². The smallest absolute Gasteiger partial charge is 0.307 e. The molecule has 0 saturated carbocycles. The summed E-state index contributed by atoms with van der Waals surface area (Å²) in [6.45, 7) is 2.03. The Labute approximate surface area is 160 Å². The summed E-state index contributed by atoms with van der Waals surface area (Å²) < 4.78 is 0. The molecule has 1 amide bonds. The average Bonchev–Trinajstić information content (AvgIpc) is 3.05. The number of amides is 1. The minimum Gasteiger partial charge on any atom is -0.481 e. The predicted molar refractivity (Wildman–Crippen MR) is 104 cm³/mol. The molecule has 7 heteroatoms. The molecule has 0 radical (unpaired) electrons. The Hall–Kier alpha value is -2.18. The number of rotatable bonds is 5. The van der Waals surface area contributed by atoms with Crippen LogP contribution < -0.4 is 5.32 Å². The van der Waals surface area contributed by atoms with Gasteiger partial charge in [-0.25, -0.2) is 4.98 Å². The number of anilines is 1. The first-order valence-electron chi connectivity index (χ1n) is 8.44. The molecule has 0 bridgehead atoms. The Kier molecular flexibility index (Phi) is 5.74. The number of hydrogen-bond acceptors (Lipinski definition) is 4. The number of carbonyl (C=O) groups is 2. The molecule has 1 aliphatic rings. The van der Waals surface area contributed by atoms with E-state index in [9.17, 15) is 14.7 Å². The third-order valence-corrected chi connectivity index (χ3v) is 5.82. The van der Waals surface area contributed by atoms with Crippen LogP contribution in [0.5, 0.6) is 0 Å². The first-order valence-corrected chi connectivity index (χ1v) is 9.63. The summed E-state index contributed by atoms with van der Waals surface area (Å²) in [5, 5.41) is 13.3. The molecule has 0 saturated heterocycles. The van der Waals surface area contributed by atoms with Gasteiger partial charge in [0.25, 0.3) is 0 Å². The highest BCUT2D eigenvalue weighted by Crippen LogP contribution is 2.33. The van der Waals surface area contributed by atoms with Crippen LogP contribution in [0.4, 0.5) is 5.13 Å². The summed E-state index contributed by atoms with van der Waals surface area (Å²) in [5.74, 6) is -2.50. The molecule has 0 aliphatic heterocycles. The fourth-order valence-corrected chi connectivity index (χ4v) is 4.11. The van der Waals surface area contributed by atoms with Gasteiger partial charge in [-0.3, -0.25) is 9.59 Å². The second kappa shape index (κ2) is 8.01. The molecule has 1 aliphatic carbocycles. The second-order valence-corrected chi connectivity index (χ2v) is 7.65. The van der Waals surface area contributed by atoms with Crippen molar-refractivity contribution in [2.75, 3.05) is 5.32 Å². The number of carboxylic acid groups (broad SMARTS) is 1. The molecular formula is C19H19ClN2O3S. The molecule has 5 nitrogen and oxygen atoms in total. The average molecular weight is 391 g/mol. The molecule has 2 N–H and O–H groups in total. The predicted octanol–water partition coefficient (Wildman–Crippen LogP) is 4.63. The summed E-state index contributed by atoms with van der Waals surface area (Å²) in [4.78, 5) is 29.6. The van der Waals surface area contributed by atoms with Crippen molar-refractivity contribution in [1.82, 2.24) is 4.98 Å². The van der Waals surface area contributed by atoms with E-state index >= 15 is 0 Å². The maximum Gasteiger partial charge on any atom is 0.307 e. The molecule has 3 rings (SSSR count). The molecule has 2 aromatic rings. The standard InChI is InChI=1S/C19H19ClN2O3S/c1-2-15-16(11-7-9-12(20)10-8-11)21-19(26-15)22-17(23)13-5-3-4-6-14(13)18(24)25/h3-4,7-10,13-14H,2,5-6H2,1H3,(H,24,25)(H,21,22,23). The van der Waals surface area contributed by atoms with E-state index in [0.29, 0.717) is 23.0 Å². The van der Waals surface area contributed by atoms with Crippen molar-refractivity contribution in [2.45, 2.75) is 26.2 Å². The largest absolute Gasteiger partial charge is 0.481 e. The summed E-state index contributed by atoms with van der Waals surface area (Å²) in [5.41, 5.74) is 1.76. The lowest BCUT2D eigenvalue weighted by Gasteiger charge is -2.23.